The molecule has 0 aliphatic heterocycles. The standard InChI is InChI=1S/C10H15BrN2O2/c1-3-4-5-9(10(14)15-2)13-7-8(11)6-12-13/h6-7,9H,3-5H2,1-2H3. The van der Waals surface area contributed by atoms with Crippen molar-refractivity contribution < 1.29 is 9.53 Å². The second kappa shape index (κ2) is 5.90. The first-order chi connectivity index (χ1) is 7.19. The Morgan fingerprint density at radius 2 is 2.47 bits per heavy atom. The number of carbonyl (C=O) groups is 1. The molecule has 0 saturated heterocycles. The number of aromatic nitrogens is 2. The van der Waals surface area contributed by atoms with Gasteiger partial charge in [0.1, 0.15) is 6.04 Å². The van der Waals surface area contributed by atoms with Crippen molar-refractivity contribution >= 4 is 21.9 Å². The monoisotopic (exact) mass is 274 g/mol. The lowest BCUT2D eigenvalue weighted by molar-refractivity contribution is -0.145. The zero-order valence-corrected chi connectivity index (χ0v) is 10.5. The van der Waals surface area contributed by atoms with Gasteiger partial charge in [-0.1, -0.05) is 19.8 Å². The van der Waals surface area contributed by atoms with Crippen molar-refractivity contribution in [1.29, 1.82) is 0 Å². The average Bonchev–Trinajstić information content (AvgIpc) is 2.65. The maximum Gasteiger partial charge on any atom is 0.330 e. The fourth-order valence-corrected chi connectivity index (χ4v) is 1.68. The van der Waals surface area contributed by atoms with Gasteiger partial charge in [0.2, 0.25) is 0 Å². The molecular formula is C10H15BrN2O2. The molecule has 0 aromatic carbocycles. The molecule has 4 nitrogen and oxygen atoms in total. The number of unbranched alkanes of at least 4 members (excludes halogenated alkanes) is 1. The number of rotatable bonds is 5. The molecule has 15 heavy (non-hydrogen) atoms. The van der Waals surface area contributed by atoms with E-state index in [2.05, 4.69) is 28.0 Å². The molecule has 1 rings (SSSR count). The van der Waals surface area contributed by atoms with Gasteiger partial charge in [-0.05, 0) is 22.4 Å². The van der Waals surface area contributed by atoms with Crippen molar-refractivity contribution in [3.8, 4) is 0 Å². The molecule has 0 aliphatic rings. The summed E-state index contributed by atoms with van der Waals surface area (Å²) < 4.78 is 7.27. The van der Waals surface area contributed by atoms with Gasteiger partial charge in [-0.25, -0.2) is 4.79 Å². The fourth-order valence-electron chi connectivity index (χ4n) is 1.38. The summed E-state index contributed by atoms with van der Waals surface area (Å²) in [5.74, 6) is -0.237. The van der Waals surface area contributed by atoms with E-state index in [-0.39, 0.29) is 12.0 Å². The lowest BCUT2D eigenvalue weighted by Crippen LogP contribution is -2.21. The Bertz CT molecular complexity index is 325. The van der Waals surface area contributed by atoms with Crippen LogP contribution >= 0.6 is 15.9 Å². The average molecular weight is 275 g/mol. The van der Waals surface area contributed by atoms with E-state index in [9.17, 15) is 4.79 Å². The minimum Gasteiger partial charge on any atom is -0.467 e. The fraction of sp³-hybridized carbons (Fsp3) is 0.600. The van der Waals surface area contributed by atoms with Crippen LogP contribution < -0.4 is 0 Å². The molecule has 84 valence electrons. The highest BCUT2D eigenvalue weighted by atomic mass is 79.9. The highest BCUT2D eigenvalue weighted by Crippen LogP contribution is 2.18. The van der Waals surface area contributed by atoms with Crippen molar-refractivity contribution in [2.45, 2.75) is 32.2 Å². The summed E-state index contributed by atoms with van der Waals surface area (Å²) in [7, 11) is 1.40. The number of nitrogens with zero attached hydrogens (tertiary/aromatic N) is 2. The Labute approximate surface area is 97.7 Å². The maximum atomic E-state index is 11.5. The van der Waals surface area contributed by atoms with Crippen molar-refractivity contribution in [1.82, 2.24) is 9.78 Å². The third kappa shape index (κ3) is 3.34. The minimum absolute atomic E-state index is 0.237. The van der Waals surface area contributed by atoms with Crippen molar-refractivity contribution in [3.05, 3.63) is 16.9 Å². The van der Waals surface area contributed by atoms with E-state index in [0.717, 1.165) is 23.7 Å². The van der Waals surface area contributed by atoms with E-state index in [1.807, 2.05) is 0 Å². The predicted octanol–water partition coefficient (Wildman–Crippen LogP) is 2.55. The van der Waals surface area contributed by atoms with Gasteiger partial charge in [0.15, 0.2) is 0 Å². The largest absolute Gasteiger partial charge is 0.467 e. The molecule has 0 amide bonds. The summed E-state index contributed by atoms with van der Waals surface area (Å²) in [6.07, 6.45) is 6.25. The van der Waals surface area contributed by atoms with Crippen LogP contribution in [0, 0.1) is 0 Å². The molecule has 1 aromatic heterocycles. The van der Waals surface area contributed by atoms with E-state index in [1.165, 1.54) is 7.11 Å². The molecule has 5 heteroatoms. The third-order valence-electron chi connectivity index (χ3n) is 2.19. The summed E-state index contributed by atoms with van der Waals surface area (Å²) in [6.45, 7) is 2.09. The zero-order chi connectivity index (χ0) is 11.3. The van der Waals surface area contributed by atoms with Gasteiger partial charge in [0.25, 0.3) is 0 Å². The minimum atomic E-state index is -0.304. The second-order valence-corrected chi connectivity index (χ2v) is 4.24. The van der Waals surface area contributed by atoms with Gasteiger partial charge < -0.3 is 4.74 Å². The number of hydrogen-bond donors (Lipinski definition) is 0. The van der Waals surface area contributed by atoms with Crippen LogP contribution in [-0.2, 0) is 9.53 Å². The van der Waals surface area contributed by atoms with Crippen molar-refractivity contribution in [3.63, 3.8) is 0 Å². The molecule has 1 atom stereocenters. The molecule has 0 N–H and O–H groups in total. The number of halogens is 1. The molecule has 1 aromatic rings. The smallest absolute Gasteiger partial charge is 0.330 e. The van der Waals surface area contributed by atoms with Crippen LogP contribution in [0.15, 0.2) is 16.9 Å². The summed E-state index contributed by atoms with van der Waals surface area (Å²) >= 11 is 3.30. The molecular weight excluding hydrogens is 260 g/mol. The van der Waals surface area contributed by atoms with Gasteiger partial charge in [-0.3, -0.25) is 4.68 Å². The van der Waals surface area contributed by atoms with Crippen LogP contribution in [0.4, 0.5) is 0 Å². The van der Waals surface area contributed by atoms with E-state index in [4.69, 9.17) is 4.74 Å². The first-order valence-corrected chi connectivity index (χ1v) is 5.75. The molecule has 0 fully saturated rings. The Morgan fingerprint density at radius 1 is 1.73 bits per heavy atom. The Morgan fingerprint density at radius 3 is 2.93 bits per heavy atom. The van der Waals surface area contributed by atoms with Crippen LogP contribution in [0.25, 0.3) is 0 Å². The molecule has 0 saturated carbocycles. The van der Waals surface area contributed by atoms with E-state index in [0.29, 0.717) is 0 Å². The Hall–Kier alpha value is -0.840. The number of ether oxygens (including phenoxy) is 1. The summed E-state index contributed by atoms with van der Waals surface area (Å²) in [5, 5.41) is 4.11. The number of hydrogen-bond acceptors (Lipinski definition) is 3. The normalized spacial score (nSPS) is 12.5. The van der Waals surface area contributed by atoms with Crippen LogP contribution in [0.5, 0.6) is 0 Å². The molecule has 0 radical (unpaired) electrons. The van der Waals surface area contributed by atoms with Gasteiger partial charge >= 0.3 is 5.97 Å². The molecule has 1 heterocycles. The van der Waals surface area contributed by atoms with Gasteiger partial charge in [0, 0.05) is 6.20 Å². The summed E-state index contributed by atoms with van der Waals surface area (Å²) in [5.41, 5.74) is 0. The lowest BCUT2D eigenvalue weighted by Gasteiger charge is -2.14. The molecule has 0 aliphatic carbocycles. The van der Waals surface area contributed by atoms with Crippen molar-refractivity contribution in [2.24, 2.45) is 0 Å². The van der Waals surface area contributed by atoms with Crippen LogP contribution in [-0.4, -0.2) is 22.9 Å². The highest BCUT2D eigenvalue weighted by Gasteiger charge is 2.21. The lowest BCUT2D eigenvalue weighted by atomic mass is 10.1. The predicted molar refractivity (Wildman–Crippen MR) is 60.5 cm³/mol. The first kappa shape index (κ1) is 12.2. The quantitative estimate of drug-likeness (QED) is 0.776. The van der Waals surface area contributed by atoms with Gasteiger partial charge in [0.05, 0.1) is 17.8 Å². The molecule has 0 bridgehead atoms. The van der Waals surface area contributed by atoms with Gasteiger partial charge in [-0.2, -0.15) is 5.10 Å². The third-order valence-corrected chi connectivity index (χ3v) is 2.60. The van der Waals surface area contributed by atoms with Gasteiger partial charge in [-0.15, -0.1) is 0 Å². The van der Waals surface area contributed by atoms with Crippen LogP contribution in [0.2, 0.25) is 0 Å². The van der Waals surface area contributed by atoms with E-state index in [1.54, 1.807) is 17.1 Å². The molecule has 1 unspecified atom stereocenters. The Kier molecular flexibility index (Phi) is 4.81. The van der Waals surface area contributed by atoms with Crippen LogP contribution in [0.1, 0.15) is 32.2 Å². The SMILES string of the molecule is CCCCC(C(=O)OC)n1cc(Br)cn1. The van der Waals surface area contributed by atoms with E-state index >= 15 is 0 Å². The highest BCUT2D eigenvalue weighted by molar-refractivity contribution is 9.10. The Balaban J connectivity index is 2.76. The number of esters is 1. The number of carbonyl (C=O) groups excluding carboxylic acids is 1. The summed E-state index contributed by atoms with van der Waals surface area (Å²) in [4.78, 5) is 11.5. The maximum absolute atomic E-state index is 11.5. The van der Waals surface area contributed by atoms with Crippen LogP contribution in [0.3, 0.4) is 0 Å². The summed E-state index contributed by atoms with van der Waals surface area (Å²) in [6, 6.07) is -0.304. The molecule has 0 spiro atoms. The zero-order valence-electron chi connectivity index (χ0n) is 8.94. The second-order valence-electron chi connectivity index (χ2n) is 3.32. The topological polar surface area (TPSA) is 44.1 Å². The first-order valence-electron chi connectivity index (χ1n) is 4.96. The van der Waals surface area contributed by atoms with Crippen molar-refractivity contribution in [2.75, 3.05) is 7.11 Å². The van der Waals surface area contributed by atoms with E-state index < -0.39 is 0 Å². The number of methoxy groups -OCH3 is 1.